The number of hydrogen-bond donors (Lipinski definition) is 2. The van der Waals surface area contributed by atoms with Crippen molar-refractivity contribution in [2.24, 2.45) is 0 Å². The Hall–Kier alpha value is -0.610. The number of aliphatic hydroxyl groups excluding tert-OH is 1. The molecule has 0 aromatic rings. The Morgan fingerprint density at radius 1 is 1.73 bits per heavy atom. The number of amides is 1. The van der Waals surface area contributed by atoms with Crippen molar-refractivity contribution in [1.82, 2.24) is 5.32 Å². The quantitative estimate of drug-likeness (QED) is 0.530. The third kappa shape index (κ3) is 1.70. The summed E-state index contributed by atoms with van der Waals surface area (Å²) in [5.41, 5.74) is 0. The Bertz CT molecular complexity index is 160. The summed E-state index contributed by atoms with van der Waals surface area (Å²) in [4.78, 5) is 11.0. The van der Waals surface area contributed by atoms with Crippen molar-refractivity contribution in [1.29, 1.82) is 0 Å². The fraction of sp³-hybridized carbons (Fsp3) is 0.857. The van der Waals surface area contributed by atoms with Gasteiger partial charge < -0.3 is 15.2 Å². The van der Waals surface area contributed by atoms with Crippen molar-refractivity contribution in [2.45, 2.75) is 31.7 Å². The van der Waals surface area contributed by atoms with Crippen LogP contribution < -0.4 is 5.32 Å². The van der Waals surface area contributed by atoms with Gasteiger partial charge in [-0.3, -0.25) is 4.79 Å². The maximum Gasteiger partial charge on any atom is 0.251 e. The van der Waals surface area contributed by atoms with Gasteiger partial charge in [-0.15, -0.1) is 0 Å². The van der Waals surface area contributed by atoms with E-state index in [-0.39, 0.29) is 12.0 Å². The topological polar surface area (TPSA) is 58.6 Å². The molecule has 64 valence electrons. The zero-order valence-electron chi connectivity index (χ0n) is 6.70. The van der Waals surface area contributed by atoms with Crippen LogP contribution in [0.1, 0.15) is 13.3 Å². The number of likely N-dealkylation sites (N-methyl/N-ethyl adjacent to an activating group) is 1. The van der Waals surface area contributed by atoms with Crippen molar-refractivity contribution < 1.29 is 14.6 Å². The first-order valence-corrected chi connectivity index (χ1v) is 3.70. The van der Waals surface area contributed by atoms with Crippen LogP contribution in [0.3, 0.4) is 0 Å². The molecule has 1 unspecified atom stereocenters. The highest BCUT2D eigenvalue weighted by Crippen LogP contribution is 2.19. The number of ether oxygens (including phenoxy) is 1. The van der Waals surface area contributed by atoms with E-state index in [1.54, 1.807) is 0 Å². The molecule has 0 aromatic heterocycles. The highest BCUT2D eigenvalue weighted by Gasteiger charge is 2.35. The molecule has 4 nitrogen and oxygen atoms in total. The Kier molecular flexibility index (Phi) is 2.46. The number of nitrogens with one attached hydrogen (secondary N) is 1. The Morgan fingerprint density at radius 3 is 2.73 bits per heavy atom. The Morgan fingerprint density at radius 2 is 2.36 bits per heavy atom. The van der Waals surface area contributed by atoms with Crippen molar-refractivity contribution >= 4 is 5.91 Å². The molecular weight excluding hydrogens is 146 g/mol. The second-order valence-electron chi connectivity index (χ2n) is 2.78. The number of aliphatic hydroxyl groups is 1. The number of rotatable bonds is 1. The third-order valence-corrected chi connectivity index (χ3v) is 1.81. The van der Waals surface area contributed by atoms with Crippen molar-refractivity contribution in [3.63, 3.8) is 0 Å². The van der Waals surface area contributed by atoms with Gasteiger partial charge in [0.05, 0.1) is 12.2 Å². The van der Waals surface area contributed by atoms with E-state index in [0.29, 0.717) is 6.42 Å². The van der Waals surface area contributed by atoms with E-state index in [4.69, 9.17) is 4.74 Å². The van der Waals surface area contributed by atoms with Crippen LogP contribution in [0.2, 0.25) is 0 Å². The van der Waals surface area contributed by atoms with Gasteiger partial charge in [-0.25, -0.2) is 0 Å². The van der Waals surface area contributed by atoms with Crippen molar-refractivity contribution in [2.75, 3.05) is 7.05 Å². The molecule has 11 heavy (non-hydrogen) atoms. The largest absolute Gasteiger partial charge is 0.390 e. The Balaban J connectivity index is 2.52. The van der Waals surface area contributed by atoms with E-state index in [2.05, 4.69) is 5.32 Å². The minimum Gasteiger partial charge on any atom is -0.390 e. The summed E-state index contributed by atoms with van der Waals surface area (Å²) in [6.45, 7) is 1.84. The molecule has 1 aliphatic rings. The molecule has 0 radical (unpaired) electrons. The zero-order valence-corrected chi connectivity index (χ0v) is 6.70. The number of carbonyl (C=O) groups excluding carboxylic acids is 1. The number of hydrogen-bond acceptors (Lipinski definition) is 3. The van der Waals surface area contributed by atoms with Crippen LogP contribution in [0.15, 0.2) is 0 Å². The van der Waals surface area contributed by atoms with Gasteiger partial charge in [-0.05, 0) is 6.92 Å². The average molecular weight is 159 g/mol. The third-order valence-electron chi connectivity index (χ3n) is 1.81. The second kappa shape index (κ2) is 3.19. The molecule has 0 bridgehead atoms. The summed E-state index contributed by atoms with van der Waals surface area (Å²) in [6.07, 6.45) is -0.801. The van der Waals surface area contributed by atoms with E-state index < -0.39 is 12.2 Å². The van der Waals surface area contributed by atoms with Crippen molar-refractivity contribution in [3.8, 4) is 0 Å². The van der Waals surface area contributed by atoms with Crippen LogP contribution in [-0.2, 0) is 9.53 Å². The lowest BCUT2D eigenvalue weighted by atomic mass is 10.1. The first-order valence-electron chi connectivity index (χ1n) is 3.70. The van der Waals surface area contributed by atoms with Crippen LogP contribution in [0.25, 0.3) is 0 Å². The molecule has 1 fully saturated rings. The summed E-state index contributed by atoms with van der Waals surface area (Å²) in [5.74, 6) is -0.248. The smallest absolute Gasteiger partial charge is 0.251 e. The first kappa shape index (κ1) is 8.49. The zero-order chi connectivity index (χ0) is 8.43. The van der Waals surface area contributed by atoms with Crippen LogP contribution in [0.4, 0.5) is 0 Å². The fourth-order valence-corrected chi connectivity index (χ4v) is 1.24. The SMILES string of the molecule is CNC(=O)[C@H]1O[C@@H](C)CC1O. The Labute approximate surface area is 65.5 Å². The van der Waals surface area contributed by atoms with E-state index in [1.807, 2.05) is 6.92 Å². The molecule has 0 saturated carbocycles. The summed E-state index contributed by atoms with van der Waals surface area (Å²) >= 11 is 0. The molecule has 1 saturated heterocycles. The van der Waals surface area contributed by atoms with Gasteiger partial charge >= 0.3 is 0 Å². The monoisotopic (exact) mass is 159 g/mol. The van der Waals surface area contributed by atoms with E-state index in [9.17, 15) is 9.90 Å². The molecule has 2 N–H and O–H groups in total. The van der Waals surface area contributed by atoms with E-state index in [0.717, 1.165) is 0 Å². The van der Waals surface area contributed by atoms with Gasteiger partial charge in [-0.2, -0.15) is 0 Å². The summed E-state index contributed by atoms with van der Waals surface area (Å²) in [5, 5.41) is 11.7. The molecular formula is C7H13NO3. The summed E-state index contributed by atoms with van der Waals surface area (Å²) in [7, 11) is 1.53. The maximum atomic E-state index is 11.0. The predicted molar refractivity (Wildman–Crippen MR) is 39.0 cm³/mol. The molecule has 0 aromatic carbocycles. The highest BCUT2D eigenvalue weighted by molar-refractivity contribution is 5.81. The van der Waals surface area contributed by atoms with Gasteiger partial charge in [-0.1, -0.05) is 0 Å². The molecule has 1 heterocycles. The standard InChI is InChI=1S/C7H13NO3/c1-4-3-5(9)6(11-4)7(10)8-2/h4-6,9H,3H2,1-2H3,(H,8,10)/t4-,5?,6-/m0/s1. The molecule has 1 rings (SSSR count). The molecule has 1 amide bonds. The van der Waals surface area contributed by atoms with Gasteiger partial charge in [0.25, 0.3) is 5.91 Å². The van der Waals surface area contributed by atoms with Gasteiger partial charge in [0.1, 0.15) is 0 Å². The number of carbonyl (C=O) groups is 1. The second-order valence-corrected chi connectivity index (χ2v) is 2.78. The molecule has 0 aliphatic carbocycles. The van der Waals surface area contributed by atoms with Gasteiger partial charge in [0, 0.05) is 13.5 Å². The molecule has 0 spiro atoms. The minimum atomic E-state index is -0.671. The highest BCUT2D eigenvalue weighted by atomic mass is 16.5. The minimum absolute atomic E-state index is 0.0210. The first-order chi connectivity index (χ1) is 5.15. The van der Waals surface area contributed by atoms with E-state index >= 15 is 0 Å². The summed E-state index contributed by atoms with van der Waals surface area (Å²) in [6, 6.07) is 0. The molecule has 3 atom stereocenters. The lowest BCUT2D eigenvalue weighted by molar-refractivity contribution is -0.134. The van der Waals surface area contributed by atoms with E-state index in [1.165, 1.54) is 7.05 Å². The lowest BCUT2D eigenvalue weighted by Crippen LogP contribution is -2.38. The molecule has 1 aliphatic heterocycles. The molecule has 4 heteroatoms. The maximum absolute atomic E-state index is 11.0. The fourth-order valence-electron chi connectivity index (χ4n) is 1.24. The van der Waals surface area contributed by atoms with Gasteiger partial charge in [0.15, 0.2) is 6.10 Å². The van der Waals surface area contributed by atoms with Crippen LogP contribution in [-0.4, -0.2) is 36.4 Å². The van der Waals surface area contributed by atoms with Gasteiger partial charge in [0.2, 0.25) is 0 Å². The van der Waals surface area contributed by atoms with Crippen LogP contribution >= 0.6 is 0 Å². The lowest BCUT2D eigenvalue weighted by Gasteiger charge is -2.11. The van der Waals surface area contributed by atoms with Crippen molar-refractivity contribution in [3.05, 3.63) is 0 Å². The summed E-state index contributed by atoms with van der Waals surface area (Å²) < 4.78 is 5.16. The van der Waals surface area contributed by atoms with Crippen LogP contribution in [0.5, 0.6) is 0 Å². The normalized spacial score (nSPS) is 37.2. The van der Waals surface area contributed by atoms with Crippen LogP contribution in [0, 0.1) is 0 Å². The predicted octanol–water partition coefficient (Wildman–Crippen LogP) is -0.729. The average Bonchev–Trinajstić information content (AvgIpc) is 2.28.